The van der Waals surface area contributed by atoms with Gasteiger partial charge in [-0.1, -0.05) is 48.6 Å². The summed E-state index contributed by atoms with van der Waals surface area (Å²) in [4.78, 5) is 27.9. The molecule has 0 N–H and O–H groups in total. The first-order valence-electron chi connectivity index (χ1n) is 9.37. The maximum absolute atomic E-state index is 13.4. The van der Waals surface area contributed by atoms with Crippen LogP contribution in [0.4, 0.5) is 5.69 Å². The molecule has 2 aromatic carbocycles. The van der Waals surface area contributed by atoms with E-state index in [1.807, 2.05) is 68.5 Å². The zero-order chi connectivity index (χ0) is 18.8. The number of rotatable bonds is 3. The molecule has 138 valence electrons. The summed E-state index contributed by atoms with van der Waals surface area (Å²) in [5.74, 6) is -1.52. The summed E-state index contributed by atoms with van der Waals surface area (Å²) in [7, 11) is 0. The van der Waals surface area contributed by atoms with Crippen molar-refractivity contribution in [1.29, 1.82) is 0 Å². The van der Waals surface area contributed by atoms with Gasteiger partial charge in [-0.2, -0.15) is 0 Å². The first-order valence-corrected chi connectivity index (χ1v) is 9.37. The van der Waals surface area contributed by atoms with Gasteiger partial charge in [0.25, 0.3) is 0 Å². The second-order valence-corrected chi connectivity index (χ2v) is 7.81. The monoisotopic (exact) mass is 363 g/mol. The van der Waals surface area contributed by atoms with Gasteiger partial charge in [0.2, 0.25) is 5.91 Å². The number of hydrogen-bond acceptors (Lipinski definition) is 4. The molecule has 1 spiro atoms. The average Bonchev–Trinajstić information content (AvgIpc) is 3.29. The molecule has 2 aromatic rings. The Morgan fingerprint density at radius 1 is 1.22 bits per heavy atom. The number of amides is 1. The van der Waals surface area contributed by atoms with E-state index in [0.717, 1.165) is 16.5 Å². The molecule has 5 heteroatoms. The van der Waals surface area contributed by atoms with Crippen molar-refractivity contribution in [3.05, 3.63) is 54.6 Å². The van der Waals surface area contributed by atoms with Gasteiger partial charge >= 0.3 is 5.97 Å². The van der Waals surface area contributed by atoms with Crippen molar-refractivity contribution in [3.63, 3.8) is 0 Å². The van der Waals surface area contributed by atoms with Gasteiger partial charge in [-0.05, 0) is 25.3 Å². The minimum absolute atomic E-state index is 0.0658. The highest BCUT2D eigenvalue weighted by Gasteiger charge is 2.67. The molecule has 0 aromatic heterocycles. The normalized spacial score (nSPS) is 31.1. The molecule has 3 aliphatic rings. The van der Waals surface area contributed by atoms with Crippen LogP contribution >= 0.6 is 0 Å². The summed E-state index contributed by atoms with van der Waals surface area (Å²) in [5, 5.41) is 2.10. The van der Waals surface area contributed by atoms with Gasteiger partial charge in [-0.15, -0.1) is 0 Å². The molecule has 4 atom stereocenters. The van der Waals surface area contributed by atoms with E-state index in [2.05, 4.69) is 0 Å². The Bertz CT molecular complexity index is 976. The van der Waals surface area contributed by atoms with E-state index in [0.29, 0.717) is 6.54 Å². The Labute approximate surface area is 157 Å². The second kappa shape index (κ2) is 5.67. The maximum atomic E-state index is 13.4. The smallest absolute Gasteiger partial charge is 0.313 e. The van der Waals surface area contributed by atoms with Crippen LogP contribution < -0.4 is 4.90 Å². The molecule has 0 unspecified atom stereocenters. The number of hydrogen-bond donors (Lipinski definition) is 0. The molecule has 0 saturated carbocycles. The van der Waals surface area contributed by atoms with Crippen molar-refractivity contribution in [2.45, 2.75) is 31.7 Å². The van der Waals surface area contributed by atoms with E-state index in [1.54, 1.807) is 4.90 Å². The first-order chi connectivity index (χ1) is 13.0. The Morgan fingerprint density at radius 3 is 2.81 bits per heavy atom. The molecule has 5 rings (SSSR count). The molecule has 27 heavy (non-hydrogen) atoms. The molecule has 0 radical (unpaired) electrons. The largest absolute Gasteiger partial charge is 0.463 e. The SMILES string of the molecule is CC(C)OC(=O)[C@H]1[C@@H]2C=C[C@@]3(CN(c4cccc5ccccc45)C(=O)[C@H]13)O2. The summed E-state index contributed by atoms with van der Waals surface area (Å²) >= 11 is 0. The summed E-state index contributed by atoms with van der Waals surface area (Å²) in [6, 6.07) is 13.9. The summed E-state index contributed by atoms with van der Waals surface area (Å²) in [5.41, 5.74) is 0.123. The third kappa shape index (κ3) is 2.28. The fourth-order valence-electron chi connectivity index (χ4n) is 4.73. The third-order valence-corrected chi connectivity index (χ3v) is 5.78. The molecule has 0 aliphatic carbocycles. The Balaban J connectivity index is 1.55. The number of fused-ring (bicyclic) bond motifs is 2. The highest BCUT2D eigenvalue weighted by atomic mass is 16.6. The standard InChI is InChI=1S/C22H21NO4/c1-13(2)26-21(25)18-17-10-11-22(27-17)12-23(20(24)19(18)22)16-9-5-7-14-6-3-4-8-15(14)16/h3-11,13,17-19H,12H2,1-2H3/t17-,18-,19-,22-/m0/s1. The topological polar surface area (TPSA) is 55.8 Å². The first kappa shape index (κ1) is 16.5. The van der Waals surface area contributed by atoms with E-state index < -0.39 is 17.4 Å². The Kier molecular flexibility index (Phi) is 3.46. The van der Waals surface area contributed by atoms with Crippen LogP contribution in [0, 0.1) is 11.8 Å². The van der Waals surface area contributed by atoms with E-state index >= 15 is 0 Å². The number of nitrogens with zero attached hydrogens (tertiary/aromatic N) is 1. The molecular formula is C22H21NO4. The van der Waals surface area contributed by atoms with E-state index in [1.165, 1.54) is 0 Å². The molecule has 2 bridgehead atoms. The van der Waals surface area contributed by atoms with Crippen molar-refractivity contribution in [2.75, 3.05) is 11.4 Å². The zero-order valence-corrected chi connectivity index (χ0v) is 15.3. The number of benzene rings is 2. The summed E-state index contributed by atoms with van der Waals surface area (Å²) in [6.45, 7) is 4.05. The van der Waals surface area contributed by atoms with Gasteiger partial charge in [0, 0.05) is 5.39 Å². The minimum atomic E-state index is -0.737. The lowest BCUT2D eigenvalue weighted by molar-refractivity contribution is -0.156. The van der Waals surface area contributed by atoms with Gasteiger partial charge in [0.05, 0.1) is 30.4 Å². The van der Waals surface area contributed by atoms with Gasteiger partial charge in [-0.3, -0.25) is 9.59 Å². The minimum Gasteiger partial charge on any atom is -0.463 e. The highest BCUT2D eigenvalue weighted by Crippen LogP contribution is 2.53. The van der Waals surface area contributed by atoms with E-state index in [9.17, 15) is 9.59 Å². The predicted molar refractivity (Wildman–Crippen MR) is 101 cm³/mol. The van der Waals surface area contributed by atoms with Gasteiger partial charge in [-0.25, -0.2) is 0 Å². The van der Waals surface area contributed by atoms with Crippen LogP contribution in [0.15, 0.2) is 54.6 Å². The van der Waals surface area contributed by atoms with Crippen molar-refractivity contribution in [1.82, 2.24) is 0 Å². The van der Waals surface area contributed by atoms with Crippen LogP contribution in [0.3, 0.4) is 0 Å². The number of esters is 1. The van der Waals surface area contributed by atoms with Crippen LogP contribution in [-0.2, 0) is 19.1 Å². The molecular weight excluding hydrogens is 342 g/mol. The average molecular weight is 363 g/mol. The van der Waals surface area contributed by atoms with E-state index in [-0.39, 0.29) is 24.1 Å². The van der Waals surface area contributed by atoms with Crippen molar-refractivity contribution in [3.8, 4) is 0 Å². The molecule has 3 heterocycles. The predicted octanol–water partition coefficient (Wildman–Crippen LogP) is 3.08. The quantitative estimate of drug-likeness (QED) is 0.621. The van der Waals surface area contributed by atoms with Crippen LogP contribution in [-0.4, -0.2) is 36.2 Å². The Morgan fingerprint density at radius 2 is 2.00 bits per heavy atom. The lowest BCUT2D eigenvalue weighted by Crippen LogP contribution is -2.40. The summed E-state index contributed by atoms with van der Waals surface area (Å²) < 4.78 is 11.6. The van der Waals surface area contributed by atoms with E-state index in [4.69, 9.17) is 9.47 Å². The Hall–Kier alpha value is -2.66. The molecule has 1 amide bonds. The molecule has 2 saturated heterocycles. The number of anilines is 1. The van der Waals surface area contributed by atoms with Gasteiger partial charge < -0.3 is 14.4 Å². The van der Waals surface area contributed by atoms with Crippen LogP contribution in [0.5, 0.6) is 0 Å². The number of carbonyl (C=O) groups is 2. The lowest BCUT2D eigenvalue weighted by Gasteiger charge is -2.23. The third-order valence-electron chi connectivity index (χ3n) is 5.78. The molecule has 5 nitrogen and oxygen atoms in total. The lowest BCUT2D eigenvalue weighted by atomic mass is 9.77. The van der Waals surface area contributed by atoms with Crippen molar-refractivity contribution < 1.29 is 19.1 Å². The van der Waals surface area contributed by atoms with Crippen LogP contribution in [0.1, 0.15) is 13.8 Å². The fraction of sp³-hybridized carbons (Fsp3) is 0.364. The van der Waals surface area contributed by atoms with Crippen LogP contribution in [0.2, 0.25) is 0 Å². The van der Waals surface area contributed by atoms with Crippen molar-refractivity contribution in [2.24, 2.45) is 11.8 Å². The van der Waals surface area contributed by atoms with Gasteiger partial charge in [0.1, 0.15) is 11.5 Å². The maximum Gasteiger partial charge on any atom is 0.313 e. The fourth-order valence-corrected chi connectivity index (χ4v) is 4.73. The number of carbonyl (C=O) groups excluding carboxylic acids is 2. The summed E-state index contributed by atoms with van der Waals surface area (Å²) in [6.07, 6.45) is 3.27. The van der Waals surface area contributed by atoms with Gasteiger partial charge in [0.15, 0.2) is 0 Å². The zero-order valence-electron chi connectivity index (χ0n) is 15.3. The van der Waals surface area contributed by atoms with Crippen molar-refractivity contribution >= 4 is 28.3 Å². The highest BCUT2D eigenvalue weighted by molar-refractivity contribution is 6.08. The number of ether oxygens (including phenoxy) is 2. The molecule has 3 aliphatic heterocycles. The molecule has 2 fully saturated rings. The second-order valence-electron chi connectivity index (χ2n) is 7.81. The van der Waals surface area contributed by atoms with Crippen LogP contribution in [0.25, 0.3) is 10.8 Å².